The van der Waals surface area contributed by atoms with E-state index in [1.54, 1.807) is 15.9 Å². The van der Waals surface area contributed by atoms with E-state index in [1.807, 2.05) is 73.7 Å². The Morgan fingerprint density at radius 3 is 2.38 bits per heavy atom. The van der Waals surface area contributed by atoms with E-state index in [9.17, 15) is 9.59 Å². The Morgan fingerprint density at radius 2 is 1.67 bits per heavy atom. The van der Waals surface area contributed by atoms with E-state index in [-0.39, 0.29) is 35.1 Å². The van der Waals surface area contributed by atoms with Crippen molar-refractivity contribution in [3.8, 4) is 22.5 Å². The van der Waals surface area contributed by atoms with Gasteiger partial charge in [0, 0.05) is 47.1 Å². The predicted octanol–water partition coefficient (Wildman–Crippen LogP) is 5.77. The molecule has 3 heterocycles. The van der Waals surface area contributed by atoms with Gasteiger partial charge in [0.25, 0.3) is 5.56 Å². The van der Waals surface area contributed by atoms with E-state index in [1.165, 1.54) is 0 Å². The van der Waals surface area contributed by atoms with Gasteiger partial charge in [0.15, 0.2) is 5.82 Å². The Morgan fingerprint density at radius 1 is 0.929 bits per heavy atom. The number of unbranched alkanes of at least 4 members (excludes halogenated alkanes) is 1. The number of benzene rings is 3. The van der Waals surface area contributed by atoms with Crippen molar-refractivity contribution in [3.63, 3.8) is 0 Å². The van der Waals surface area contributed by atoms with E-state index in [2.05, 4.69) is 23.1 Å². The molecule has 8 nitrogen and oxygen atoms in total. The van der Waals surface area contributed by atoms with Crippen molar-refractivity contribution in [2.45, 2.75) is 46.1 Å². The zero-order valence-electron chi connectivity index (χ0n) is 23.9. The van der Waals surface area contributed by atoms with Gasteiger partial charge in [0.1, 0.15) is 10.8 Å². The molecule has 0 atom stereocenters. The molecule has 6 aromatic rings. The summed E-state index contributed by atoms with van der Waals surface area (Å²) < 4.78 is 7.58. The number of fused-ring (bicyclic) bond motifs is 1. The van der Waals surface area contributed by atoms with Gasteiger partial charge in [-0.15, -0.1) is 11.3 Å². The maximum atomic E-state index is 13.9. The Hall–Kier alpha value is -3.63. The summed E-state index contributed by atoms with van der Waals surface area (Å²) in [5.41, 5.74) is 6.23. The first kappa shape index (κ1) is 29.8. The molecule has 6 rings (SSSR count). The molecule has 1 N–H and O–H groups in total. The molecule has 3 aromatic carbocycles. The van der Waals surface area contributed by atoms with Gasteiger partial charge in [0.2, 0.25) is 0 Å². The second kappa shape index (κ2) is 13.1. The van der Waals surface area contributed by atoms with Crippen LogP contribution >= 0.6 is 11.3 Å². The van der Waals surface area contributed by atoms with Crippen LogP contribution in [0.2, 0.25) is 0 Å². The summed E-state index contributed by atoms with van der Waals surface area (Å²) in [6, 6.07) is 23.9. The summed E-state index contributed by atoms with van der Waals surface area (Å²) in [5, 5.41) is 4.75. The van der Waals surface area contributed by atoms with Crippen LogP contribution < -0.4 is 11.3 Å². The summed E-state index contributed by atoms with van der Waals surface area (Å²) in [4.78, 5) is 37.8. The van der Waals surface area contributed by atoms with Crippen LogP contribution in [0.15, 0.2) is 86.9 Å². The molecule has 0 aliphatic rings. The van der Waals surface area contributed by atoms with Gasteiger partial charge in [-0.25, -0.2) is 14.8 Å². The molecule has 0 spiro atoms. The van der Waals surface area contributed by atoms with E-state index >= 15 is 0 Å². The summed E-state index contributed by atoms with van der Waals surface area (Å²) in [7, 11) is 0. The summed E-state index contributed by atoms with van der Waals surface area (Å²) in [5.74, 6) is 0.501. The van der Waals surface area contributed by atoms with Gasteiger partial charge in [-0.2, -0.15) is 0 Å². The number of rotatable bonds is 9. The minimum absolute atomic E-state index is 0. The SMILES string of the molecule is CCCCc1nc(C)n(Cc2nc3ccccc3s2)c(=O)c1Cc1ccc(-c2ccccc2-c2noc(=O)[nH]2)cc1.[Na]. The van der Waals surface area contributed by atoms with Crippen molar-refractivity contribution >= 4 is 51.1 Å². The van der Waals surface area contributed by atoms with Gasteiger partial charge in [-0.1, -0.05) is 79.2 Å². The van der Waals surface area contributed by atoms with Gasteiger partial charge in [-0.3, -0.25) is 18.9 Å². The van der Waals surface area contributed by atoms with E-state index in [0.717, 1.165) is 68.0 Å². The Labute approximate surface area is 268 Å². The van der Waals surface area contributed by atoms with Crippen molar-refractivity contribution in [2.24, 2.45) is 0 Å². The predicted molar refractivity (Wildman–Crippen MR) is 167 cm³/mol. The maximum absolute atomic E-state index is 13.9. The van der Waals surface area contributed by atoms with Crippen LogP contribution in [0.1, 0.15) is 47.4 Å². The molecule has 0 bridgehead atoms. The van der Waals surface area contributed by atoms with Crippen LogP contribution in [-0.4, -0.2) is 54.2 Å². The summed E-state index contributed by atoms with van der Waals surface area (Å²) in [6.07, 6.45) is 3.26. The number of hydrogen-bond donors (Lipinski definition) is 1. The van der Waals surface area contributed by atoms with Crippen LogP contribution in [0, 0.1) is 6.92 Å². The molecule has 0 saturated carbocycles. The number of thiazole rings is 1. The molecule has 0 unspecified atom stereocenters. The molecular weight excluding hydrogens is 557 g/mol. The zero-order chi connectivity index (χ0) is 28.3. The largest absolute Gasteiger partial charge is 0.439 e. The molecule has 3 aromatic heterocycles. The fourth-order valence-electron chi connectivity index (χ4n) is 5.09. The third kappa shape index (κ3) is 6.24. The number of aryl methyl sites for hydroxylation is 2. The number of para-hydroxylation sites is 1. The minimum atomic E-state index is -0.593. The number of aromatic amines is 1. The average Bonchev–Trinajstić information content (AvgIpc) is 3.62. The van der Waals surface area contributed by atoms with Gasteiger partial charge < -0.3 is 0 Å². The second-order valence-electron chi connectivity index (χ2n) is 10.0. The van der Waals surface area contributed by atoms with E-state index < -0.39 is 5.76 Å². The van der Waals surface area contributed by atoms with Gasteiger partial charge >= 0.3 is 5.76 Å². The molecule has 10 heteroatoms. The molecule has 0 fully saturated rings. The Kier molecular flexibility index (Phi) is 9.33. The van der Waals surface area contributed by atoms with Crippen molar-refractivity contribution in [1.29, 1.82) is 0 Å². The molecule has 0 saturated heterocycles. The average molecular weight is 587 g/mol. The first-order valence-corrected chi connectivity index (χ1v) is 14.5. The van der Waals surface area contributed by atoms with Crippen LogP contribution in [0.25, 0.3) is 32.7 Å². The van der Waals surface area contributed by atoms with E-state index in [4.69, 9.17) is 14.5 Å². The first-order valence-electron chi connectivity index (χ1n) is 13.7. The molecule has 1 radical (unpaired) electrons. The molecule has 0 amide bonds. The van der Waals surface area contributed by atoms with Gasteiger partial charge in [-0.05, 0) is 48.6 Å². The standard InChI is InChI=1S/C32H29N5O3S.Na/c1-3-4-11-26-25(31(38)37(20(2)33-26)19-29-34-27-12-7-8-13-28(27)41-29)18-21-14-16-22(17-15-21)23-9-5-6-10-24(23)30-35-32(39)40-36-30;/h5-10,12-17H,3-4,11,18-19H2,1-2H3,(H,35,36,39);. The van der Waals surface area contributed by atoms with E-state index in [0.29, 0.717) is 24.6 Å². The molecule has 0 aliphatic carbocycles. The third-order valence-corrected chi connectivity index (χ3v) is 8.23. The number of hydrogen-bond acceptors (Lipinski definition) is 7. The van der Waals surface area contributed by atoms with Crippen LogP contribution in [0.3, 0.4) is 0 Å². The quantitative estimate of drug-likeness (QED) is 0.216. The van der Waals surface area contributed by atoms with Crippen molar-refractivity contribution < 1.29 is 4.52 Å². The summed E-state index contributed by atoms with van der Waals surface area (Å²) in [6.45, 7) is 4.45. The number of nitrogens with zero attached hydrogens (tertiary/aromatic N) is 4. The maximum Gasteiger partial charge on any atom is 0.439 e. The van der Waals surface area contributed by atoms with Crippen molar-refractivity contribution in [2.75, 3.05) is 0 Å². The van der Waals surface area contributed by atoms with Crippen LogP contribution in [0.5, 0.6) is 0 Å². The van der Waals surface area contributed by atoms with Crippen molar-refractivity contribution in [1.82, 2.24) is 24.7 Å². The normalized spacial score (nSPS) is 11.1. The minimum Gasteiger partial charge on any atom is -0.296 e. The zero-order valence-corrected chi connectivity index (χ0v) is 26.7. The molecule has 207 valence electrons. The van der Waals surface area contributed by atoms with Gasteiger partial charge in [0.05, 0.1) is 22.5 Å². The number of nitrogens with one attached hydrogen (secondary N) is 1. The fourth-order valence-corrected chi connectivity index (χ4v) is 6.04. The molecule has 42 heavy (non-hydrogen) atoms. The third-order valence-electron chi connectivity index (χ3n) is 7.21. The Balaban J connectivity index is 0.00000353. The Bertz CT molecular complexity index is 1920. The first-order chi connectivity index (χ1) is 20.0. The fraction of sp³-hybridized carbons (Fsp3) is 0.219. The molecule has 0 aliphatic heterocycles. The topological polar surface area (TPSA) is 107 Å². The van der Waals surface area contributed by atoms with Crippen molar-refractivity contribution in [3.05, 3.63) is 121 Å². The number of aromatic nitrogens is 5. The van der Waals surface area contributed by atoms with Crippen LogP contribution in [-0.2, 0) is 19.4 Å². The van der Waals surface area contributed by atoms with Crippen LogP contribution in [0.4, 0.5) is 0 Å². The smallest absolute Gasteiger partial charge is 0.296 e. The number of H-pyrrole nitrogens is 1. The second-order valence-corrected chi connectivity index (χ2v) is 11.1. The summed E-state index contributed by atoms with van der Waals surface area (Å²) >= 11 is 1.61. The molecular formula is C32H29N5NaO3S. The monoisotopic (exact) mass is 586 g/mol.